The van der Waals surface area contributed by atoms with Crippen molar-refractivity contribution in [1.82, 2.24) is 5.43 Å². The number of ether oxygens (including phenoxy) is 1. The molecule has 110 valence electrons. The zero-order chi connectivity index (χ0) is 15.4. The van der Waals surface area contributed by atoms with Crippen LogP contribution in [0.1, 0.15) is 15.9 Å². The Morgan fingerprint density at radius 2 is 1.90 bits per heavy atom. The second-order valence-electron chi connectivity index (χ2n) is 4.16. The highest BCUT2D eigenvalue weighted by Gasteiger charge is 2.13. The molecule has 0 unspecified atom stereocenters. The molecule has 2 aromatic carbocycles. The first-order valence-electron chi connectivity index (χ1n) is 5.88. The van der Waals surface area contributed by atoms with Gasteiger partial charge in [0, 0.05) is 10.0 Å². The van der Waals surface area contributed by atoms with Crippen LogP contribution < -0.4 is 16.0 Å². The minimum Gasteiger partial charge on any atom is -0.486 e. The molecule has 0 saturated heterocycles. The number of hydrogen-bond acceptors (Lipinski definition) is 3. The molecule has 2 aromatic rings. The fraction of sp³-hybridized carbons (Fsp3) is 0.0714. The number of amides is 1. The Morgan fingerprint density at radius 3 is 2.48 bits per heavy atom. The number of nitrogens with two attached hydrogens (primary N) is 1. The first kappa shape index (κ1) is 16.1. The smallest absolute Gasteiger partial charge is 0.265 e. The lowest BCUT2D eigenvalue weighted by Crippen LogP contribution is -2.29. The van der Waals surface area contributed by atoms with Crippen molar-refractivity contribution in [3.05, 3.63) is 62.0 Å². The first-order valence-corrected chi connectivity index (χ1v) is 7.43. The molecule has 0 heterocycles. The van der Waals surface area contributed by atoms with E-state index < -0.39 is 5.91 Å². The average Bonchev–Trinajstić information content (AvgIpc) is 2.45. The predicted molar refractivity (Wildman–Crippen MR) is 86.6 cm³/mol. The maximum atomic E-state index is 11.4. The van der Waals surface area contributed by atoms with Crippen LogP contribution in [0.2, 0.25) is 10.0 Å². The number of rotatable bonds is 4. The molecule has 0 aliphatic heterocycles. The second kappa shape index (κ2) is 7.13. The molecule has 3 N–H and O–H groups in total. The minimum absolute atomic E-state index is 0.246. The molecule has 7 heteroatoms. The van der Waals surface area contributed by atoms with Crippen LogP contribution in [-0.2, 0) is 6.61 Å². The van der Waals surface area contributed by atoms with Gasteiger partial charge < -0.3 is 4.74 Å². The highest BCUT2D eigenvalue weighted by Crippen LogP contribution is 2.34. The summed E-state index contributed by atoms with van der Waals surface area (Å²) in [5, 5.41) is 0.493. The molecule has 0 radical (unpaired) electrons. The van der Waals surface area contributed by atoms with Gasteiger partial charge in [-0.25, -0.2) is 5.84 Å². The molecular weight excluding hydrogens is 379 g/mol. The van der Waals surface area contributed by atoms with Gasteiger partial charge in [0.25, 0.3) is 5.91 Å². The van der Waals surface area contributed by atoms with E-state index in [2.05, 4.69) is 15.9 Å². The number of hydrogen-bond donors (Lipinski definition) is 2. The Morgan fingerprint density at radius 1 is 1.24 bits per heavy atom. The van der Waals surface area contributed by atoms with Gasteiger partial charge >= 0.3 is 0 Å². The Kier molecular flexibility index (Phi) is 5.47. The second-order valence-corrected chi connectivity index (χ2v) is 5.89. The third-order valence-electron chi connectivity index (χ3n) is 2.66. The summed E-state index contributed by atoms with van der Waals surface area (Å²) in [4.78, 5) is 11.4. The molecular formula is C14H11BrCl2N2O2. The van der Waals surface area contributed by atoms with Crippen molar-refractivity contribution in [1.29, 1.82) is 0 Å². The van der Waals surface area contributed by atoms with Gasteiger partial charge in [0.2, 0.25) is 0 Å². The molecule has 2 rings (SSSR count). The van der Waals surface area contributed by atoms with E-state index in [9.17, 15) is 4.79 Å². The van der Waals surface area contributed by atoms with Crippen LogP contribution in [0, 0.1) is 0 Å². The van der Waals surface area contributed by atoms with E-state index >= 15 is 0 Å². The zero-order valence-electron chi connectivity index (χ0n) is 10.7. The van der Waals surface area contributed by atoms with Crippen LogP contribution in [0.25, 0.3) is 0 Å². The van der Waals surface area contributed by atoms with Crippen molar-refractivity contribution in [2.75, 3.05) is 0 Å². The van der Waals surface area contributed by atoms with E-state index in [-0.39, 0.29) is 15.6 Å². The standard InChI is InChI=1S/C14H11BrCl2N2O2/c15-10-3-1-2-8(4-10)7-21-13-11(16)5-9(6-12(13)17)14(20)19-18/h1-6H,7,18H2,(H,19,20). The fourth-order valence-electron chi connectivity index (χ4n) is 1.69. The number of carbonyl (C=O) groups is 1. The summed E-state index contributed by atoms with van der Waals surface area (Å²) in [6.07, 6.45) is 0. The van der Waals surface area contributed by atoms with E-state index in [1.165, 1.54) is 12.1 Å². The maximum Gasteiger partial charge on any atom is 0.265 e. The van der Waals surface area contributed by atoms with E-state index in [0.717, 1.165) is 10.0 Å². The Balaban J connectivity index is 2.19. The molecule has 0 saturated carbocycles. The van der Waals surface area contributed by atoms with Crippen molar-refractivity contribution in [3.63, 3.8) is 0 Å². The quantitative estimate of drug-likeness (QED) is 0.473. The average molecular weight is 390 g/mol. The van der Waals surface area contributed by atoms with Gasteiger partial charge in [-0.15, -0.1) is 0 Å². The highest BCUT2D eigenvalue weighted by molar-refractivity contribution is 9.10. The van der Waals surface area contributed by atoms with E-state index in [1.807, 2.05) is 29.7 Å². The van der Waals surface area contributed by atoms with Gasteiger partial charge in [-0.1, -0.05) is 51.3 Å². The number of carbonyl (C=O) groups excluding carboxylic acids is 1. The number of hydrazine groups is 1. The highest BCUT2D eigenvalue weighted by atomic mass is 79.9. The Bertz CT molecular complexity index is 657. The normalized spacial score (nSPS) is 10.3. The van der Waals surface area contributed by atoms with Gasteiger partial charge in [0.05, 0.1) is 10.0 Å². The van der Waals surface area contributed by atoms with Crippen LogP contribution in [-0.4, -0.2) is 5.91 Å². The first-order chi connectivity index (χ1) is 10.0. The van der Waals surface area contributed by atoms with Crippen LogP contribution in [0.15, 0.2) is 40.9 Å². The molecule has 0 atom stereocenters. The molecule has 0 fully saturated rings. The third kappa shape index (κ3) is 4.11. The van der Waals surface area contributed by atoms with Gasteiger partial charge in [0.15, 0.2) is 5.75 Å². The summed E-state index contributed by atoms with van der Waals surface area (Å²) >= 11 is 15.6. The molecule has 0 bridgehead atoms. The molecule has 1 amide bonds. The number of nitrogen functional groups attached to an aromatic ring is 1. The molecule has 0 aliphatic carbocycles. The summed E-state index contributed by atoms with van der Waals surface area (Å²) in [5.41, 5.74) is 3.24. The summed E-state index contributed by atoms with van der Waals surface area (Å²) in [5.74, 6) is 4.92. The Hall–Kier alpha value is -1.27. The predicted octanol–water partition coefficient (Wildman–Crippen LogP) is 3.94. The van der Waals surface area contributed by atoms with E-state index in [4.69, 9.17) is 33.8 Å². The molecule has 0 spiro atoms. The summed E-state index contributed by atoms with van der Waals surface area (Å²) in [7, 11) is 0. The van der Waals surface area contributed by atoms with Crippen LogP contribution in [0.5, 0.6) is 5.75 Å². The summed E-state index contributed by atoms with van der Waals surface area (Å²) in [6, 6.07) is 10.6. The van der Waals surface area contributed by atoms with Gasteiger partial charge in [0.1, 0.15) is 6.61 Å². The van der Waals surface area contributed by atoms with Crippen LogP contribution in [0.3, 0.4) is 0 Å². The molecule has 4 nitrogen and oxygen atoms in total. The van der Waals surface area contributed by atoms with Crippen LogP contribution >= 0.6 is 39.1 Å². The topological polar surface area (TPSA) is 64.3 Å². The SMILES string of the molecule is NNC(=O)c1cc(Cl)c(OCc2cccc(Br)c2)c(Cl)c1. The molecule has 0 aliphatic rings. The minimum atomic E-state index is -0.475. The summed E-state index contributed by atoms with van der Waals surface area (Å²) in [6.45, 7) is 0.307. The van der Waals surface area contributed by atoms with Crippen molar-refractivity contribution in [2.45, 2.75) is 6.61 Å². The number of benzene rings is 2. The third-order valence-corrected chi connectivity index (χ3v) is 3.72. The van der Waals surface area contributed by atoms with Gasteiger partial charge in [-0.05, 0) is 29.8 Å². The monoisotopic (exact) mass is 388 g/mol. The van der Waals surface area contributed by atoms with Crippen molar-refractivity contribution >= 4 is 45.0 Å². The summed E-state index contributed by atoms with van der Waals surface area (Å²) < 4.78 is 6.58. The van der Waals surface area contributed by atoms with Crippen molar-refractivity contribution in [3.8, 4) is 5.75 Å². The number of halogens is 3. The van der Waals surface area contributed by atoms with Crippen LogP contribution in [0.4, 0.5) is 0 Å². The Labute approximate surface area is 140 Å². The van der Waals surface area contributed by atoms with Crippen molar-refractivity contribution < 1.29 is 9.53 Å². The van der Waals surface area contributed by atoms with Crippen molar-refractivity contribution in [2.24, 2.45) is 5.84 Å². The fourth-order valence-corrected chi connectivity index (χ4v) is 2.74. The van der Waals surface area contributed by atoms with E-state index in [0.29, 0.717) is 12.4 Å². The van der Waals surface area contributed by atoms with Gasteiger partial charge in [-0.3, -0.25) is 10.2 Å². The molecule has 0 aromatic heterocycles. The maximum absolute atomic E-state index is 11.4. The lowest BCUT2D eigenvalue weighted by atomic mass is 10.2. The number of nitrogens with one attached hydrogen (secondary N) is 1. The lowest BCUT2D eigenvalue weighted by Gasteiger charge is -2.11. The van der Waals surface area contributed by atoms with E-state index in [1.54, 1.807) is 0 Å². The molecule has 21 heavy (non-hydrogen) atoms. The largest absolute Gasteiger partial charge is 0.486 e. The van der Waals surface area contributed by atoms with Gasteiger partial charge in [-0.2, -0.15) is 0 Å². The lowest BCUT2D eigenvalue weighted by molar-refractivity contribution is 0.0953. The zero-order valence-corrected chi connectivity index (χ0v) is 13.8.